The molecule has 2 amide bonds. The lowest BCUT2D eigenvalue weighted by molar-refractivity contribution is 0.0493. The number of fused-ring (bicyclic) bond motifs is 1. The normalized spacial score (nSPS) is 15.4. The lowest BCUT2D eigenvalue weighted by Gasteiger charge is -2.32. The summed E-state index contributed by atoms with van der Waals surface area (Å²) in [5, 5.41) is 0. The van der Waals surface area contributed by atoms with E-state index in [-0.39, 0.29) is 18.4 Å². The molecular weight excluding hydrogens is 284 g/mol. The van der Waals surface area contributed by atoms with E-state index in [2.05, 4.69) is 15.9 Å². The Balaban J connectivity index is 2.57. The molecule has 1 aliphatic heterocycles. The van der Waals surface area contributed by atoms with Gasteiger partial charge in [0, 0.05) is 11.0 Å². The molecule has 0 unspecified atom stereocenters. The minimum absolute atomic E-state index is 0.232. The van der Waals surface area contributed by atoms with E-state index in [1.807, 2.05) is 0 Å². The summed E-state index contributed by atoms with van der Waals surface area (Å²) in [7, 11) is 0. The lowest BCUT2D eigenvalue weighted by Crippen LogP contribution is -2.52. The van der Waals surface area contributed by atoms with Gasteiger partial charge in [-0.25, -0.2) is 0 Å². The van der Waals surface area contributed by atoms with Gasteiger partial charge in [0.15, 0.2) is 0 Å². The molecular formula is C12H13BrN2O2. The van der Waals surface area contributed by atoms with Crippen molar-refractivity contribution in [2.24, 2.45) is 5.73 Å². The molecule has 17 heavy (non-hydrogen) atoms. The highest BCUT2D eigenvalue weighted by atomic mass is 79.9. The number of rotatable bonds is 2. The highest BCUT2D eigenvalue weighted by molar-refractivity contribution is 9.10. The van der Waals surface area contributed by atoms with E-state index in [1.165, 1.54) is 4.90 Å². The third kappa shape index (κ3) is 1.70. The van der Waals surface area contributed by atoms with Crippen LogP contribution in [0.5, 0.6) is 0 Å². The van der Waals surface area contributed by atoms with Crippen molar-refractivity contribution in [2.75, 3.05) is 6.54 Å². The van der Waals surface area contributed by atoms with Crippen LogP contribution in [0.25, 0.3) is 0 Å². The number of carbonyl (C=O) groups is 2. The van der Waals surface area contributed by atoms with Gasteiger partial charge in [-0.3, -0.25) is 14.5 Å². The molecule has 2 rings (SSSR count). The molecule has 0 atom stereocenters. The summed E-state index contributed by atoms with van der Waals surface area (Å²) in [6.45, 7) is 3.79. The molecule has 1 heterocycles. The fraction of sp³-hybridized carbons (Fsp3) is 0.333. The average Bonchev–Trinajstić information content (AvgIpc) is 2.53. The van der Waals surface area contributed by atoms with Crippen LogP contribution in [0.3, 0.4) is 0 Å². The van der Waals surface area contributed by atoms with E-state index in [0.29, 0.717) is 15.6 Å². The van der Waals surface area contributed by atoms with Crippen LogP contribution in [-0.4, -0.2) is 28.8 Å². The molecule has 1 aromatic rings. The fourth-order valence-electron chi connectivity index (χ4n) is 1.89. The van der Waals surface area contributed by atoms with Gasteiger partial charge in [-0.1, -0.05) is 6.07 Å². The fourth-order valence-corrected chi connectivity index (χ4v) is 2.42. The Morgan fingerprint density at radius 1 is 1.29 bits per heavy atom. The first-order valence-electron chi connectivity index (χ1n) is 5.27. The molecule has 0 spiro atoms. The molecule has 1 aromatic carbocycles. The third-order valence-electron chi connectivity index (χ3n) is 2.97. The first-order chi connectivity index (χ1) is 7.90. The third-order valence-corrected chi connectivity index (χ3v) is 3.63. The maximum atomic E-state index is 12.3. The zero-order valence-electron chi connectivity index (χ0n) is 9.66. The SMILES string of the molecule is CC(C)(CN)N1C(=O)c2cccc(Br)c2C1=O. The standard InChI is InChI=1S/C12H13BrN2O2/c1-12(2,6-14)15-10(16)7-4-3-5-8(13)9(7)11(15)17/h3-5H,6,14H2,1-2H3. The largest absolute Gasteiger partial charge is 0.328 e. The summed E-state index contributed by atoms with van der Waals surface area (Å²) in [4.78, 5) is 25.7. The first-order valence-corrected chi connectivity index (χ1v) is 6.07. The second-order valence-corrected chi connectivity index (χ2v) is 5.48. The Morgan fingerprint density at radius 2 is 1.94 bits per heavy atom. The molecule has 0 saturated carbocycles. The van der Waals surface area contributed by atoms with Gasteiger partial charge in [0.2, 0.25) is 0 Å². The minimum atomic E-state index is -0.674. The second kappa shape index (κ2) is 3.92. The molecule has 2 N–H and O–H groups in total. The smallest absolute Gasteiger partial charge is 0.263 e. The summed E-state index contributed by atoms with van der Waals surface area (Å²) in [6, 6.07) is 5.16. The van der Waals surface area contributed by atoms with E-state index in [9.17, 15) is 9.59 Å². The number of imide groups is 1. The van der Waals surface area contributed by atoms with E-state index >= 15 is 0 Å². The van der Waals surface area contributed by atoms with Crippen molar-refractivity contribution in [3.63, 3.8) is 0 Å². The zero-order valence-corrected chi connectivity index (χ0v) is 11.2. The van der Waals surface area contributed by atoms with Gasteiger partial charge in [-0.2, -0.15) is 0 Å². The Labute approximate surface area is 108 Å². The van der Waals surface area contributed by atoms with Gasteiger partial charge in [0.1, 0.15) is 0 Å². The summed E-state index contributed by atoms with van der Waals surface area (Å²) in [5.41, 5.74) is 5.82. The number of nitrogens with two attached hydrogens (primary N) is 1. The van der Waals surface area contributed by atoms with Gasteiger partial charge >= 0.3 is 0 Å². The summed E-state index contributed by atoms with van der Waals surface area (Å²) in [6.07, 6.45) is 0. The van der Waals surface area contributed by atoms with Crippen LogP contribution in [0.4, 0.5) is 0 Å². The predicted octanol–water partition coefficient (Wildman–Crippen LogP) is 1.78. The van der Waals surface area contributed by atoms with Crippen LogP contribution in [0.2, 0.25) is 0 Å². The van der Waals surface area contributed by atoms with Crippen LogP contribution in [0.15, 0.2) is 22.7 Å². The number of nitrogens with zero attached hydrogens (tertiary/aromatic N) is 1. The number of hydrogen-bond donors (Lipinski definition) is 1. The van der Waals surface area contributed by atoms with Crippen LogP contribution < -0.4 is 5.73 Å². The average molecular weight is 297 g/mol. The highest BCUT2D eigenvalue weighted by Crippen LogP contribution is 2.33. The van der Waals surface area contributed by atoms with Gasteiger partial charge in [-0.15, -0.1) is 0 Å². The van der Waals surface area contributed by atoms with Crippen molar-refractivity contribution in [3.8, 4) is 0 Å². The maximum absolute atomic E-state index is 12.3. The maximum Gasteiger partial charge on any atom is 0.263 e. The molecule has 90 valence electrons. The molecule has 0 bridgehead atoms. The molecule has 0 aromatic heterocycles. The Kier molecular flexibility index (Phi) is 2.83. The van der Waals surface area contributed by atoms with Crippen molar-refractivity contribution in [1.82, 2.24) is 4.90 Å². The minimum Gasteiger partial charge on any atom is -0.328 e. The van der Waals surface area contributed by atoms with E-state index in [4.69, 9.17) is 5.73 Å². The molecule has 4 nitrogen and oxygen atoms in total. The van der Waals surface area contributed by atoms with Crippen LogP contribution >= 0.6 is 15.9 Å². The van der Waals surface area contributed by atoms with Crippen molar-refractivity contribution >= 4 is 27.7 Å². The van der Waals surface area contributed by atoms with Gasteiger partial charge in [0.25, 0.3) is 11.8 Å². The summed E-state index contributed by atoms with van der Waals surface area (Å²) >= 11 is 3.30. The zero-order chi connectivity index (χ0) is 12.8. The van der Waals surface area contributed by atoms with Crippen LogP contribution in [-0.2, 0) is 0 Å². The van der Waals surface area contributed by atoms with Crippen molar-refractivity contribution in [3.05, 3.63) is 33.8 Å². The molecule has 5 heteroatoms. The van der Waals surface area contributed by atoms with Crippen molar-refractivity contribution in [2.45, 2.75) is 19.4 Å². The highest BCUT2D eigenvalue weighted by Gasteiger charge is 2.44. The second-order valence-electron chi connectivity index (χ2n) is 4.62. The Bertz CT molecular complexity index is 511. The first kappa shape index (κ1) is 12.3. The van der Waals surface area contributed by atoms with Gasteiger partial charge in [-0.05, 0) is 41.9 Å². The molecule has 0 fully saturated rings. The van der Waals surface area contributed by atoms with Crippen LogP contribution in [0, 0.1) is 0 Å². The van der Waals surface area contributed by atoms with E-state index < -0.39 is 5.54 Å². The van der Waals surface area contributed by atoms with Crippen molar-refractivity contribution < 1.29 is 9.59 Å². The van der Waals surface area contributed by atoms with E-state index in [0.717, 1.165) is 0 Å². The summed E-state index contributed by atoms with van der Waals surface area (Å²) < 4.78 is 0.642. The topological polar surface area (TPSA) is 63.4 Å². The van der Waals surface area contributed by atoms with Gasteiger partial charge < -0.3 is 5.73 Å². The Hall–Kier alpha value is -1.20. The number of amides is 2. The number of carbonyl (C=O) groups excluding carboxylic acids is 2. The Morgan fingerprint density at radius 3 is 2.47 bits per heavy atom. The number of hydrogen-bond acceptors (Lipinski definition) is 3. The monoisotopic (exact) mass is 296 g/mol. The van der Waals surface area contributed by atoms with E-state index in [1.54, 1.807) is 32.0 Å². The lowest BCUT2D eigenvalue weighted by atomic mass is 10.0. The van der Waals surface area contributed by atoms with Crippen molar-refractivity contribution in [1.29, 1.82) is 0 Å². The van der Waals surface area contributed by atoms with Gasteiger partial charge in [0.05, 0.1) is 16.7 Å². The predicted molar refractivity (Wildman–Crippen MR) is 67.8 cm³/mol. The van der Waals surface area contributed by atoms with Crippen LogP contribution in [0.1, 0.15) is 34.6 Å². The number of halogens is 1. The quantitative estimate of drug-likeness (QED) is 0.846. The molecule has 0 radical (unpaired) electrons. The number of benzene rings is 1. The molecule has 0 saturated heterocycles. The summed E-state index contributed by atoms with van der Waals surface area (Å²) in [5.74, 6) is -0.560. The molecule has 0 aliphatic carbocycles. The molecule has 1 aliphatic rings.